The molecule has 0 N–H and O–H groups in total. The van der Waals surface area contributed by atoms with Crippen molar-refractivity contribution in [2.24, 2.45) is 0 Å². The van der Waals surface area contributed by atoms with E-state index in [4.69, 9.17) is 13.6 Å². The average Bonchev–Trinajstić information content (AvgIpc) is 3.04. The molecule has 6 aromatic carbocycles. The largest absolute Gasteiger partial charge is 0.439 e. The third-order valence-electron chi connectivity index (χ3n) is 8.70. The maximum Gasteiger partial charge on any atom is 0.435 e. The highest BCUT2D eigenvalue weighted by Crippen LogP contribution is 2.59. The van der Waals surface area contributed by atoms with E-state index in [0.717, 1.165) is 38.3 Å². The van der Waals surface area contributed by atoms with E-state index in [9.17, 15) is 13.7 Å². The number of hydrogen-bond donors (Lipinski definition) is 0. The van der Waals surface area contributed by atoms with Crippen molar-refractivity contribution in [3.8, 4) is 39.5 Å². The Hall–Kier alpha value is -4.33. The molecule has 0 amide bonds. The number of hydrogen-bond acceptors (Lipinski definition) is 6. The Morgan fingerprint density at radius 2 is 1.28 bits per heavy atom. The molecule has 8 rings (SSSR count). The van der Waals surface area contributed by atoms with Crippen LogP contribution in [0.2, 0.25) is 0 Å². The van der Waals surface area contributed by atoms with Crippen LogP contribution in [0.4, 0.5) is 0 Å². The molecule has 46 heavy (non-hydrogen) atoms. The Balaban J connectivity index is 1.09. The Morgan fingerprint density at radius 1 is 0.630 bits per heavy atom. The van der Waals surface area contributed by atoms with Gasteiger partial charge in [-0.05, 0) is 64.6 Å². The summed E-state index contributed by atoms with van der Waals surface area (Å²) in [5, 5.41) is 3.75. The van der Waals surface area contributed by atoms with E-state index in [1.807, 2.05) is 115 Å². The van der Waals surface area contributed by atoms with Crippen LogP contribution in [0.5, 0.6) is 17.2 Å². The van der Waals surface area contributed by atoms with Gasteiger partial charge in [0.1, 0.15) is 24.4 Å². The molecule has 2 heterocycles. The van der Waals surface area contributed by atoms with Crippen molar-refractivity contribution in [2.75, 3.05) is 13.3 Å². The number of benzene rings is 6. The summed E-state index contributed by atoms with van der Waals surface area (Å²) in [6.45, 7) is 3.38. The number of fused-ring (bicyclic) bond motifs is 3. The molecule has 0 aliphatic carbocycles. The SMILES string of the molecule is CP1(=O)Oc2cc(-c3ccc(P(C)(=O)c4ccccc4CP4(=O)Oc5cccc6cccc(c56)O4)cc3)ccc2-c2ccccc21. The minimum absolute atomic E-state index is 0.0245. The average molecular weight is 663 g/mol. The second-order valence-corrected chi connectivity index (χ2v) is 18.9. The minimum Gasteiger partial charge on any atom is -0.439 e. The van der Waals surface area contributed by atoms with Crippen molar-refractivity contribution in [2.45, 2.75) is 6.16 Å². The molecule has 0 saturated heterocycles. The molecule has 0 bridgehead atoms. The van der Waals surface area contributed by atoms with Crippen LogP contribution in [0, 0.1) is 0 Å². The molecule has 0 radical (unpaired) electrons. The molecule has 2 unspecified atom stereocenters. The van der Waals surface area contributed by atoms with Gasteiger partial charge in [0.2, 0.25) is 0 Å². The zero-order valence-electron chi connectivity index (χ0n) is 25.1. The lowest BCUT2D eigenvalue weighted by Crippen LogP contribution is -2.20. The van der Waals surface area contributed by atoms with Crippen LogP contribution < -0.4 is 29.5 Å². The Labute approximate surface area is 267 Å². The van der Waals surface area contributed by atoms with Crippen LogP contribution in [0.25, 0.3) is 33.0 Å². The molecule has 6 aromatic rings. The zero-order valence-corrected chi connectivity index (χ0v) is 27.8. The summed E-state index contributed by atoms with van der Waals surface area (Å²) < 4.78 is 60.0. The molecule has 0 spiro atoms. The van der Waals surface area contributed by atoms with Gasteiger partial charge in [0.05, 0.1) is 16.9 Å². The lowest BCUT2D eigenvalue weighted by molar-refractivity contribution is 0.378. The van der Waals surface area contributed by atoms with Crippen molar-refractivity contribution in [1.82, 2.24) is 0 Å². The Bertz CT molecular complexity index is 2300. The molecule has 0 saturated carbocycles. The van der Waals surface area contributed by atoms with Gasteiger partial charge in [0, 0.05) is 22.8 Å². The standard InChI is InChI=1S/C37H29O6P3/c1-44(38,35-15-5-3-9-28(35)24-46(40)42-32-13-7-10-26-11-8-14-33(43-46)37(26)32)29-20-17-25(18-21-29)27-19-22-30-31-12-4-6-16-36(31)45(2,39)41-34(30)23-27/h3-23H,24H2,1-2H3. The van der Waals surface area contributed by atoms with Crippen molar-refractivity contribution in [1.29, 1.82) is 0 Å². The van der Waals surface area contributed by atoms with E-state index in [1.54, 1.807) is 25.5 Å². The predicted octanol–water partition coefficient (Wildman–Crippen LogP) is 9.21. The first-order valence-electron chi connectivity index (χ1n) is 14.9. The van der Waals surface area contributed by atoms with E-state index in [2.05, 4.69) is 0 Å². The zero-order chi connectivity index (χ0) is 31.7. The third-order valence-corrected chi connectivity index (χ3v) is 14.8. The summed E-state index contributed by atoms with van der Waals surface area (Å²) in [4.78, 5) is 0. The normalized spacial score (nSPS) is 18.7. The molecule has 2 atom stereocenters. The van der Waals surface area contributed by atoms with E-state index in [1.165, 1.54) is 0 Å². The van der Waals surface area contributed by atoms with Crippen molar-refractivity contribution < 1.29 is 27.3 Å². The van der Waals surface area contributed by atoms with Crippen molar-refractivity contribution in [3.05, 3.63) is 133 Å². The summed E-state index contributed by atoms with van der Waals surface area (Å²) in [6.07, 6.45) is -0.0245. The van der Waals surface area contributed by atoms with Gasteiger partial charge in [-0.15, -0.1) is 0 Å². The Kier molecular flexibility index (Phi) is 6.71. The van der Waals surface area contributed by atoms with Gasteiger partial charge in [-0.1, -0.05) is 97.1 Å². The van der Waals surface area contributed by atoms with Crippen LogP contribution in [-0.2, 0) is 19.9 Å². The number of rotatable bonds is 5. The fourth-order valence-electron chi connectivity index (χ4n) is 6.45. The van der Waals surface area contributed by atoms with Crippen LogP contribution in [0.1, 0.15) is 5.56 Å². The molecule has 2 aliphatic heterocycles. The summed E-state index contributed by atoms with van der Waals surface area (Å²) >= 11 is 0. The highest BCUT2D eigenvalue weighted by Gasteiger charge is 2.37. The smallest absolute Gasteiger partial charge is 0.435 e. The molecular weight excluding hydrogens is 633 g/mol. The minimum atomic E-state index is -3.66. The van der Waals surface area contributed by atoms with Gasteiger partial charge in [-0.3, -0.25) is 4.57 Å². The molecule has 0 aromatic heterocycles. The molecule has 0 fully saturated rings. The van der Waals surface area contributed by atoms with Crippen LogP contribution in [-0.4, -0.2) is 13.3 Å². The van der Waals surface area contributed by atoms with Gasteiger partial charge >= 0.3 is 7.60 Å². The van der Waals surface area contributed by atoms with Gasteiger partial charge < -0.3 is 18.1 Å². The fourth-order valence-corrected chi connectivity index (χ4v) is 12.0. The van der Waals surface area contributed by atoms with E-state index in [-0.39, 0.29) is 6.16 Å². The predicted molar refractivity (Wildman–Crippen MR) is 187 cm³/mol. The first-order chi connectivity index (χ1) is 22.1. The van der Waals surface area contributed by atoms with E-state index < -0.39 is 22.1 Å². The quantitative estimate of drug-likeness (QED) is 0.171. The second-order valence-electron chi connectivity index (χ2n) is 11.8. The lowest BCUT2D eigenvalue weighted by Gasteiger charge is -2.27. The third kappa shape index (κ3) is 4.84. The molecule has 2 aliphatic rings. The van der Waals surface area contributed by atoms with Crippen molar-refractivity contribution >= 4 is 48.8 Å². The second kappa shape index (κ2) is 10.6. The lowest BCUT2D eigenvalue weighted by atomic mass is 9.99. The van der Waals surface area contributed by atoms with Crippen LogP contribution in [0.3, 0.4) is 0 Å². The Morgan fingerprint density at radius 3 is 2.02 bits per heavy atom. The summed E-state index contributed by atoms with van der Waals surface area (Å²) in [6, 6.07) is 39.8. The van der Waals surface area contributed by atoms with E-state index >= 15 is 0 Å². The first kappa shape index (κ1) is 29.1. The molecule has 6 nitrogen and oxygen atoms in total. The van der Waals surface area contributed by atoms with Crippen LogP contribution >= 0.6 is 22.1 Å². The summed E-state index contributed by atoms with van der Waals surface area (Å²) in [5.41, 5.74) is 4.30. The first-order valence-corrected chi connectivity index (χ1v) is 20.8. The van der Waals surface area contributed by atoms with Crippen LogP contribution in [0.15, 0.2) is 127 Å². The maximum absolute atomic E-state index is 14.5. The highest BCUT2D eigenvalue weighted by molar-refractivity contribution is 7.78. The summed E-state index contributed by atoms with van der Waals surface area (Å²) in [5.74, 6) is 1.63. The van der Waals surface area contributed by atoms with Gasteiger partial charge in [-0.25, -0.2) is 4.57 Å². The van der Waals surface area contributed by atoms with Gasteiger partial charge in [0.15, 0.2) is 0 Å². The summed E-state index contributed by atoms with van der Waals surface area (Å²) in [7, 11) is -9.79. The monoisotopic (exact) mass is 662 g/mol. The molecule has 228 valence electrons. The van der Waals surface area contributed by atoms with Gasteiger partial charge in [-0.2, -0.15) is 0 Å². The topological polar surface area (TPSA) is 78.9 Å². The molecule has 9 heteroatoms. The fraction of sp³-hybridized carbons (Fsp3) is 0.0811. The van der Waals surface area contributed by atoms with Gasteiger partial charge in [0.25, 0.3) is 7.37 Å². The van der Waals surface area contributed by atoms with Crippen molar-refractivity contribution in [3.63, 3.8) is 0 Å². The molecular formula is C37H29O6P3. The van der Waals surface area contributed by atoms with E-state index in [0.29, 0.717) is 33.4 Å². The maximum atomic E-state index is 14.5. The highest BCUT2D eigenvalue weighted by atomic mass is 31.2.